The first-order valence-electron chi connectivity index (χ1n) is 6.57. The van der Waals surface area contributed by atoms with E-state index in [1.54, 1.807) is 23.5 Å². The van der Waals surface area contributed by atoms with Gasteiger partial charge in [0, 0.05) is 11.5 Å². The molecule has 20 heavy (non-hydrogen) atoms. The van der Waals surface area contributed by atoms with Crippen LogP contribution >= 0.6 is 35.7 Å². The molecular formula is C17H20S3. The van der Waals surface area contributed by atoms with Gasteiger partial charge in [-0.15, -0.1) is 23.5 Å². The van der Waals surface area contributed by atoms with Crippen molar-refractivity contribution in [3.05, 3.63) is 72.4 Å². The molecule has 0 aromatic heterocycles. The molecule has 106 valence electrons. The van der Waals surface area contributed by atoms with Gasteiger partial charge in [-0.25, -0.2) is 0 Å². The van der Waals surface area contributed by atoms with Gasteiger partial charge < -0.3 is 0 Å². The monoisotopic (exact) mass is 320 g/mol. The van der Waals surface area contributed by atoms with Crippen LogP contribution in [0.15, 0.2) is 66.8 Å². The quantitative estimate of drug-likeness (QED) is 0.445. The van der Waals surface area contributed by atoms with Crippen LogP contribution in [0.5, 0.6) is 0 Å². The Morgan fingerprint density at radius 1 is 1.20 bits per heavy atom. The maximum absolute atomic E-state index is 5.37. The highest BCUT2D eigenvalue weighted by atomic mass is 32.2. The second-order valence-corrected chi connectivity index (χ2v) is 7.32. The van der Waals surface area contributed by atoms with E-state index in [1.807, 2.05) is 18.2 Å². The van der Waals surface area contributed by atoms with Crippen LogP contribution < -0.4 is 0 Å². The van der Waals surface area contributed by atoms with E-state index in [0.29, 0.717) is 0 Å². The Bertz CT molecular complexity index is 472. The zero-order chi connectivity index (χ0) is 14.6. The molecule has 0 aliphatic heterocycles. The predicted octanol–water partition coefficient (Wildman–Crippen LogP) is 6.02. The number of hydrogen-bond donors (Lipinski definition) is 0. The molecule has 3 heteroatoms. The standard InChI is InChI=1S/C17H20S3/c1-3-4-5-7-10-15(2)13-19-17(18)20-14-16-11-8-6-9-12-16/h4-12H,2-3,13-14H2,1H3/b5-4-,10-7-. The van der Waals surface area contributed by atoms with Gasteiger partial charge >= 0.3 is 0 Å². The molecule has 0 atom stereocenters. The maximum atomic E-state index is 5.37. The zero-order valence-electron chi connectivity index (χ0n) is 11.7. The lowest BCUT2D eigenvalue weighted by Crippen LogP contribution is -1.88. The molecule has 0 unspecified atom stereocenters. The maximum Gasteiger partial charge on any atom is 0.104 e. The first kappa shape index (κ1) is 17.3. The summed E-state index contributed by atoms with van der Waals surface area (Å²) in [5.74, 6) is 1.80. The summed E-state index contributed by atoms with van der Waals surface area (Å²) in [6.45, 7) is 6.15. The molecule has 0 saturated carbocycles. The minimum Gasteiger partial charge on any atom is -0.103 e. The molecule has 0 amide bonds. The van der Waals surface area contributed by atoms with Crippen LogP contribution in [-0.2, 0) is 5.75 Å². The van der Waals surface area contributed by atoms with Gasteiger partial charge in [-0.05, 0) is 17.6 Å². The number of rotatable bonds is 7. The number of thiocarbonyl (C=S) groups is 1. The topological polar surface area (TPSA) is 0 Å². The van der Waals surface area contributed by atoms with Crippen molar-refractivity contribution in [1.29, 1.82) is 0 Å². The van der Waals surface area contributed by atoms with E-state index in [9.17, 15) is 0 Å². The van der Waals surface area contributed by atoms with Crippen LogP contribution in [0.3, 0.4) is 0 Å². The number of hydrogen-bond acceptors (Lipinski definition) is 3. The lowest BCUT2D eigenvalue weighted by Gasteiger charge is -2.03. The molecule has 1 rings (SSSR count). The molecule has 0 saturated heterocycles. The Morgan fingerprint density at radius 2 is 1.95 bits per heavy atom. The summed E-state index contributed by atoms with van der Waals surface area (Å²) in [6.07, 6.45) is 9.32. The molecule has 1 aromatic carbocycles. The van der Waals surface area contributed by atoms with E-state index >= 15 is 0 Å². The second kappa shape index (κ2) is 11.0. The Labute approximate surface area is 136 Å². The normalized spacial score (nSPS) is 11.2. The number of benzene rings is 1. The largest absolute Gasteiger partial charge is 0.104 e. The number of thioether (sulfide) groups is 2. The van der Waals surface area contributed by atoms with Crippen LogP contribution in [0.25, 0.3) is 0 Å². The molecule has 0 aliphatic rings. The predicted molar refractivity (Wildman–Crippen MR) is 101 cm³/mol. The van der Waals surface area contributed by atoms with Gasteiger partial charge in [0.2, 0.25) is 0 Å². The summed E-state index contributed by atoms with van der Waals surface area (Å²) < 4.78 is 0.979. The third-order valence-corrected chi connectivity index (χ3v) is 5.27. The van der Waals surface area contributed by atoms with Crippen molar-refractivity contribution in [2.45, 2.75) is 19.1 Å². The molecule has 0 fully saturated rings. The van der Waals surface area contributed by atoms with Crippen LogP contribution in [0.4, 0.5) is 0 Å². The Hall–Kier alpha value is -0.770. The fraction of sp³-hybridized carbons (Fsp3) is 0.235. The first-order valence-corrected chi connectivity index (χ1v) is 8.94. The lowest BCUT2D eigenvalue weighted by atomic mass is 10.2. The zero-order valence-corrected chi connectivity index (χ0v) is 14.2. The molecule has 0 bridgehead atoms. The van der Waals surface area contributed by atoms with E-state index in [-0.39, 0.29) is 0 Å². The molecule has 0 radical (unpaired) electrons. The molecule has 0 spiro atoms. The fourth-order valence-electron chi connectivity index (χ4n) is 1.36. The minimum atomic E-state index is 0.858. The SMILES string of the molecule is C=C(/C=C\C=C/CC)CSC(=S)SCc1ccccc1. The third kappa shape index (κ3) is 8.41. The summed E-state index contributed by atoms with van der Waals surface area (Å²) in [6, 6.07) is 10.4. The van der Waals surface area contributed by atoms with E-state index in [1.165, 1.54) is 5.56 Å². The summed E-state index contributed by atoms with van der Waals surface area (Å²) in [5.41, 5.74) is 2.40. The highest BCUT2D eigenvalue weighted by Gasteiger charge is 2.00. The van der Waals surface area contributed by atoms with Gasteiger partial charge in [0.1, 0.15) is 3.53 Å². The summed E-state index contributed by atoms with van der Waals surface area (Å²) in [4.78, 5) is 0. The average Bonchev–Trinajstić information content (AvgIpc) is 2.48. The van der Waals surface area contributed by atoms with E-state index in [0.717, 1.165) is 27.0 Å². The summed E-state index contributed by atoms with van der Waals surface area (Å²) in [5, 5.41) is 0. The van der Waals surface area contributed by atoms with Gasteiger partial charge in [-0.2, -0.15) is 0 Å². The second-order valence-electron chi connectivity index (χ2n) is 4.17. The van der Waals surface area contributed by atoms with E-state index in [4.69, 9.17) is 12.2 Å². The lowest BCUT2D eigenvalue weighted by molar-refractivity contribution is 1.22. The van der Waals surface area contributed by atoms with E-state index in [2.05, 4.69) is 49.9 Å². The Kier molecular flexibility index (Phi) is 9.46. The summed E-state index contributed by atoms with van der Waals surface area (Å²) >= 11 is 8.78. The molecular weight excluding hydrogens is 300 g/mol. The molecule has 0 heterocycles. The van der Waals surface area contributed by atoms with Crippen molar-refractivity contribution in [2.75, 3.05) is 5.75 Å². The van der Waals surface area contributed by atoms with Crippen molar-refractivity contribution < 1.29 is 0 Å². The van der Waals surface area contributed by atoms with Crippen molar-refractivity contribution in [2.24, 2.45) is 0 Å². The van der Waals surface area contributed by atoms with Crippen LogP contribution in [0.2, 0.25) is 0 Å². The average molecular weight is 321 g/mol. The molecule has 1 aromatic rings. The molecule has 0 N–H and O–H groups in total. The van der Waals surface area contributed by atoms with Crippen molar-refractivity contribution >= 4 is 39.3 Å². The van der Waals surface area contributed by atoms with Gasteiger partial charge in [-0.3, -0.25) is 0 Å². The number of allylic oxidation sites excluding steroid dienone is 4. The van der Waals surface area contributed by atoms with Crippen molar-refractivity contribution in [1.82, 2.24) is 0 Å². The van der Waals surface area contributed by atoms with Crippen LogP contribution in [0.1, 0.15) is 18.9 Å². The van der Waals surface area contributed by atoms with Gasteiger partial charge in [0.25, 0.3) is 0 Å². The van der Waals surface area contributed by atoms with Crippen molar-refractivity contribution in [3.63, 3.8) is 0 Å². The Morgan fingerprint density at radius 3 is 2.65 bits per heavy atom. The minimum absolute atomic E-state index is 0.858. The van der Waals surface area contributed by atoms with Crippen molar-refractivity contribution in [3.8, 4) is 0 Å². The molecule has 0 nitrogen and oxygen atoms in total. The van der Waals surface area contributed by atoms with Crippen LogP contribution in [0, 0.1) is 0 Å². The highest BCUT2D eigenvalue weighted by Crippen LogP contribution is 2.23. The fourth-order valence-corrected chi connectivity index (χ4v) is 3.28. The summed E-state index contributed by atoms with van der Waals surface area (Å²) in [7, 11) is 0. The smallest absolute Gasteiger partial charge is 0.103 e. The Balaban J connectivity index is 2.21. The van der Waals surface area contributed by atoms with Gasteiger partial charge in [0.05, 0.1) is 0 Å². The first-order chi connectivity index (χ1) is 9.72. The molecule has 0 aliphatic carbocycles. The highest BCUT2D eigenvalue weighted by molar-refractivity contribution is 8.47. The third-order valence-electron chi connectivity index (χ3n) is 2.39. The van der Waals surface area contributed by atoms with Gasteiger partial charge in [-0.1, -0.05) is 80.4 Å². The van der Waals surface area contributed by atoms with Gasteiger partial charge in [0.15, 0.2) is 0 Å². The van der Waals surface area contributed by atoms with E-state index < -0.39 is 0 Å². The van der Waals surface area contributed by atoms with Crippen LogP contribution in [-0.4, -0.2) is 9.28 Å².